The summed E-state index contributed by atoms with van der Waals surface area (Å²) in [5.41, 5.74) is 2.97. The maximum atomic E-state index is 13.1. The Morgan fingerprint density at radius 2 is 1.80 bits per heavy atom. The molecule has 9 nitrogen and oxygen atoms in total. The van der Waals surface area contributed by atoms with Gasteiger partial charge in [-0.05, 0) is 58.1 Å². The fourth-order valence-corrected chi connectivity index (χ4v) is 4.36. The van der Waals surface area contributed by atoms with E-state index in [0.29, 0.717) is 40.7 Å². The fraction of sp³-hybridized carbons (Fsp3) is 0.400. The van der Waals surface area contributed by atoms with E-state index in [0.717, 1.165) is 11.1 Å². The van der Waals surface area contributed by atoms with Gasteiger partial charge in [-0.15, -0.1) is 0 Å². The number of ether oxygens (including phenoxy) is 2. The number of aromatic nitrogens is 2. The molecule has 10 heteroatoms. The van der Waals surface area contributed by atoms with Crippen LogP contribution in [0.2, 0.25) is 5.02 Å². The molecule has 0 spiro atoms. The smallest absolute Gasteiger partial charge is 0.320 e. The number of aryl methyl sites for hydroxylation is 1. The van der Waals surface area contributed by atoms with Crippen molar-refractivity contribution in [2.45, 2.75) is 45.8 Å². The van der Waals surface area contributed by atoms with Gasteiger partial charge in [-0.1, -0.05) is 35.9 Å². The summed E-state index contributed by atoms with van der Waals surface area (Å²) in [4.78, 5) is 43.1. The van der Waals surface area contributed by atoms with Crippen molar-refractivity contribution in [1.29, 1.82) is 0 Å². The summed E-state index contributed by atoms with van der Waals surface area (Å²) in [5, 5.41) is 3.42. The highest BCUT2D eigenvalue weighted by molar-refractivity contribution is 6.32. The van der Waals surface area contributed by atoms with Crippen LogP contribution < -0.4 is 10.1 Å². The van der Waals surface area contributed by atoms with E-state index in [1.807, 2.05) is 44.3 Å². The largest absolute Gasteiger partial charge is 0.489 e. The molecule has 0 aliphatic rings. The number of carbonyl (C=O) groups is 3. The summed E-state index contributed by atoms with van der Waals surface area (Å²) in [6.07, 6.45) is 2.72. The monoisotopic (exact) mass is 568 g/mol. The van der Waals surface area contributed by atoms with Crippen molar-refractivity contribution in [2.24, 2.45) is 7.05 Å². The number of halogens is 1. The second-order valence-corrected chi connectivity index (χ2v) is 10.7. The molecule has 0 saturated carbocycles. The zero-order valence-corrected chi connectivity index (χ0v) is 24.6. The van der Waals surface area contributed by atoms with Crippen LogP contribution in [0, 0.1) is 0 Å². The molecule has 0 saturated heterocycles. The third-order valence-electron chi connectivity index (χ3n) is 5.99. The number of likely N-dealkylation sites (N-methyl/N-ethyl adjacent to an activating group) is 1. The molecule has 1 atom stereocenters. The molecule has 1 N–H and O–H groups in total. The van der Waals surface area contributed by atoms with Crippen molar-refractivity contribution in [3.8, 4) is 17.0 Å². The van der Waals surface area contributed by atoms with Gasteiger partial charge >= 0.3 is 5.97 Å². The van der Waals surface area contributed by atoms with Crippen molar-refractivity contribution >= 4 is 29.3 Å². The molecule has 0 aliphatic heterocycles. The molecule has 0 radical (unpaired) electrons. The van der Waals surface area contributed by atoms with Crippen LogP contribution >= 0.6 is 11.6 Å². The summed E-state index contributed by atoms with van der Waals surface area (Å²) in [6, 6.07) is 12.4. The van der Waals surface area contributed by atoms with Crippen LogP contribution in [0.4, 0.5) is 0 Å². The average molecular weight is 569 g/mol. The number of hydrogen-bond acceptors (Lipinski definition) is 7. The zero-order valence-electron chi connectivity index (χ0n) is 23.9. The highest BCUT2D eigenvalue weighted by Gasteiger charge is 2.18. The van der Waals surface area contributed by atoms with E-state index in [9.17, 15) is 14.4 Å². The lowest BCUT2D eigenvalue weighted by atomic mass is 10.0. The predicted octanol–water partition coefficient (Wildman–Crippen LogP) is 4.57. The van der Waals surface area contributed by atoms with Crippen LogP contribution in [0.3, 0.4) is 0 Å². The van der Waals surface area contributed by atoms with Crippen LogP contribution in [-0.2, 0) is 23.0 Å². The lowest BCUT2D eigenvalue weighted by Crippen LogP contribution is -2.37. The van der Waals surface area contributed by atoms with Gasteiger partial charge in [-0.2, -0.15) is 0 Å². The molecule has 0 bridgehead atoms. The van der Waals surface area contributed by atoms with Gasteiger partial charge in [0.15, 0.2) is 11.6 Å². The highest BCUT2D eigenvalue weighted by atomic mass is 35.5. The van der Waals surface area contributed by atoms with Crippen molar-refractivity contribution < 1.29 is 23.9 Å². The van der Waals surface area contributed by atoms with E-state index in [1.165, 1.54) is 6.92 Å². The van der Waals surface area contributed by atoms with Gasteiger partial charge < -0.3 is 19.4 Å². The number of imidazole rings is 1. The molecule has 2 aromatic carbocycles. The molecule has 214 valence electrons. The van der Waals surface area contributed by atoms with Crippen molar-refractivity contribution in [2.75, 3.05) is 27.2 Å². The summed E-state index contributed by atoms with van der Waals surface area (Å²) in [7, 11) is 5.38. The Balaban J connectivity index is 1.73. The molecule has 1 unspecified atom stereocenters. The first-order valence-electron chi connectivity index (χ1n) is 13.1. The van der Waals surface area contributed by atoms with Gasteiger partial charge in [-0.3, -0.25) is 19.3 Å². The van der Waals surface area contributed by atoms with Gasteiger partial charge in [0.1, 0.15) is 5.75 Å². The molecule has 3 rings (SSSR count). The number of amides is 1. The Morgan fingerprint density at radius 3 is 2.38 bits per heavy atom. The fourth-order valence-electron chi connectivity index (χ4n) is 4.13. The quantitative estimate of drug-likeness (QED) is 0.238. The van der Waals surface area contributed by atoms with Gasteiger partial charge in [0, 0.05) is 43.8 Å². The van der Waals surface area contributed by atoms with Gasteiger partial charge in [-0.25, -0.2) is 4.98 Å². The van der Waals surface area contributed by atoms with Gasteiger partial charge in [0.25, 0.3) is 5.91 Å². The molecule has 0 fully saturated rings. The third-order valence-corrected chi connectivity index (χ3v) is 6.29. The predicted molar refractivity (Wildman–Crippen MR) is 155 cm³/mol. The van der Waals surface area contributed by atoms with E-state index in [4.69, 9.17) is 21.1 Å². The molecule has 1 amide bonds. The highest BCUT2D eigenvalue weighted by Crippen LogP contribution is 2.27. The van der Waals surface area contributed by atoms with Crippen LogP contribution in [0.25, 0.3) is 11.3 Å². The number of Topliss-reactive ketones (excluding diaryl/α,β-unsaturated/α-hetero) is 1. The van der Waals surface area contributed by atoms with Crippen molar-refractivity contribution in [3.63, 3.8) is 0 Å². The van der Waals surface area contributed by atoms with Crippen LogP contribution in [0.1, 0.15) is 53.7 Å². The maximum absolute atomic E-state index is 13.1. The first-order valence-corrected chi connectivity index (χ1v) is 13.5. The second kappa shape index (κ2) is 14.1. The molecular formula is C30H37ClN4O5. The minimum absolute atomic E-state index is 0.0444. The lowest BCUT2D eigenvalue weighted by molar-refractivity contribution is -0.144. The topological polar surface area (TPSA) is 103 Å². The zero-order chi connectivity index (χ0) is 29.4. The third kappa shape index (κ3) is 8.93. The summed E-state index contributed by atoms with van der Waals surface area (Å²) in [5.74, 6) is 0.200. The Hall–Kier alpha value is -3.69. The normalized spacial score (nSPS) is 11.9. The number of benzene rings is 2. The molecule has 0 aliphatic carbocycles. The van der Waals surface area contributed by atoms with Crippen LogP contribution in [-0.4, -0.2) is 71.5 Å². The van der Waals surface area contributed by atoms with Gasteiger partial charge in [0.2, 0.25) is 0 Å². The van der Waals surface area contributed by atoms with Gasteiger partial charge in [0.05, 0.1) is 30.0 Å². The van der Waals surface area contributed by atoms with E-state index in [2.05, 4.69) is 10.3 Å². The lowest BCUT2D eigenvalue weighted by Gasteiger charge is -2.20. The number of rotatable bonds is 13. The Labute approximate surface area is 240 Å². The number of carbonyl (C=O) groups excluding carboxylic acids is 3. The molecule has 40 heavy (non-hydrogen) atoms. The minimum atomic E-state index is -0.327. The minimum Gasteiger partial charge on any atom is -0.489 e. The molecular weight excluding hydrogens is 532 g/mol. The second-order valence-electron chi connectivity index (χ2n) is 10.2. The van der Waals surface area contributed by atoms with E-state index < -0.39 is 0 Å². The number of nitrogens with zero attached hydrogens (tertiary/aromatic N) is 3. The molecule has 1 heterocycles. The van der Waals surface area contributed by atoms with E-state index in [-0.39, 0.29) is 43.0 Å². The molecule has 3 aromatic rings. The summed E-state index contributed by atoms with van der Waals surface area (Å²) < 4.78 is 12.8. The van der Waals surface area contributed by atoms with E-state index >= 15 is 0 Å². The van der Waals surface area contributed by atoms with Crippen LogP contribution in [0.15, 0.2) is 48.7 Å². The van der Waals surface area contributed by atoms with E-state index in [1.54, 1.807) is 48.8 Å². The Kier molecular flexibility index (Phi) is 10.9. The number of nitrogens with one attached hydrogen (secondary N) is 1. The first kappa shape index (κ1) is 30.8. The summed E-state index contributed by atoms with van der Waals surface area (Å²) in [6.45, 7) is 5.64. The van der Waals surface area contributed by atoms with Crippen molar-refractivity contribution in [1.82, 2.24) is 19.8 Å². The van der Waals surface area contributed by atoms with Crippen LogP contribution in [0.5, 0.6) is 5.75 Å². The SMILES string of the molecule is CC(=O)c1nc(-c2ccc(CC(CCOC(=O)CN(C)C)NC(=O)c3ccc(OC(C)C)c(Cl)c3)cc2)cn1C. The number of hydrogen-bond donors (Lipinski definition) is 1. The number of ketones is 1. The average Bonchev–Trinajstić information content (AvgIpc) is 3.26. The maximum Gasteiger partial charge on any atom is 0.320 e. The number of esters is 1. The Bertz CT molecular complexity index is 1330. The Morgan fingerprint density at radius 1 is 1.10 bits per heavy atom. The standard InChI is InChI=1S/C30H37ClN4O5/c1-19(2)40-27-12-11-23(16-25(27)31)30(38)32-24(13-14-39-28(37)18-34(4)5)15-21-7-9-22(10-8-21)26-17-35(6)29(33-26)20(3)36/h7-12,16-17,19,24H,13-15,18H2,1-6H3,(H,32,38). The van der Waals surface area contributed by atoms with Crippen molar-refractivity contribution in [3.05, 3.63) is 70.6 Å². The molecule has 1 aromatic heterocycles. The summed E-state index contributed by atoms with van der Waals surface area (Å²) >= 11 is 6.35. The first-order chi connectivity index (χ1) is 18.9.